The van der Waals surface area contributed by atoms with Gasteiger partial charge < -0.3 is 14.0 Å². The van der Waals surface area contributed by atoms with Crippen molar-refractivity contribution in [1.82, 2.24) is 14.5 Å². The van der Waals surface area contributed by atoms with Gasteiger partial charge in [0.1, 0.15) is 12.4 Å². The number of ether oxygens (including phenoxy) is 2. The third-order valence-corrected chi connectivity index (χ3v) is 5.15. The van der Waals surface area contributed by atoms with Gasteiger partial charge >= 0.3 is 0 Å². The second-order valence-corrected chi connectivity index (χ2v) is 6.91. The van der Waals surface area contributed by atoms with Gasteiger partial charge in [-0.15, -0.1) is 0 Å². The van der Waals surface area contributed by atoms with Gasteiger partial charge in [-0.05, 0) is 43.2 Å². The highest BCUT2D eigenvalue weighted by Crippen LogP contribution is 2.30. The quantitative estimate of drug-likeness (QED) is 0.434. The molecule has 0 spiro atoms. The molecule has 0 saturated heterocycles. The lowest BCUT2D eigenvalue weighted by molar-refractivity contribution is 0.125. The molecule has 0 N–H and O–H groups in total. The number of methoxy groups -OCH3 is 1. The summed E-state index contributed by atoms with van der Waals surface area (Å²) < 4.78 is 13.2. The van der Waals surface area contributed by atoms with E-state index >= 15 is 0 Å². The van der Waals surface area contributed by atoms with Crippen molar-refractivity contribution < 1.29 is 9.47 Å². The number of aromatic nitrogens is 3. The molecule has 0 bridgehead atoms. The van der Waals surface area contributed by atoms with Gasteiger partial charge in [-0.25, -0.2) is 9.97 Å². The van der Waals surface area contributed by atoms with E-state index in [1.54, 1.807) is 7.11 Å². The topological polar surface area (TPSA) is 49.2 Å². The zero-order valence-electron chi connectivity index (χ0n) is 17.0. The Balaban J connectivity index is 1.83. The fourth-order valence-corrected chi connectivity index (χ4v) is 3.60. The number of imidazole rings is 1. The number of benzene rings is 2. The van der Waals surface area contributed by atoms with Crippen LogP contribution in [-0.4, -0.2) is 28.3 Å². The van der Waals surface area contributed by atoms with Crippen molar-refractivity contribution in [2.45, 2.75) is 26.5 Å². The van der Waals surface area contributed by atoms with Crippen LogP contribution in [0, 0.1) is 0 Å². The molecule has 0 unspecified atom stereocenters. The van der Waals surface area contributed by atoms with E-state index < -0.39 is 0 Å². The summed E-state index contributed by atoms with van der Waals surface area (Å²) >= 11 is 0. The van der Waals surface area contributed by atoms with Crippen molar-refractivity contribution in [3.8, 4) is 17.0 Å². The summed E-state index contributed by atoms with van der Waals surface area (Å²) in [4.78, 5) is 9.20. The van der Waals surface area contributed by atoms with Crippen LogP contribution in [0.5, 0.6) is 5.88 Å². The lowest BCUT2D eigenvalue weighted by Gasteiger charge is -2.18. The fourth-order valence-electron chi connectivity index (χ4n) is 3.60. The van der Waals surface area contributed by atoms with E-state index in [4.69, 9.17) is 14.5 Å². The maximum Gasteiger partial charge on any atom is 0.212 e. The summed E-state index contributed by atoms with van der Waals surface area (Å²) in [5, 5.41) is 0. The number of nitrogens with zero attached hydrogens (tertiary/aromatic N) is 3. The smallest absolute Gasteiger partial charge is 0.212 e. The Kier molecular flexibility index (Phi) is 5.58. The molecule has 0 aliphatic carbocycles. The van der Waals surface area contributed by atoms with Gasteiger partial charge in [0.15, 0.2) is 0 Å². The number of rotatable bonds is 7. The molecule has 0 aliphatic rings. The second-order valence-electron chi connectivity index (χ2n) is 6.91. The van der Waals surface area contributed by atoms with Crippen LogP contribution in [0.15, 0.2) is 66.9 Å². The number of fused-ring (bicyclic) bond motifs is 1. The Labute approximate surface area is 171 Å². The van der Waals surface area contributed by atoms with Crippen molar-refractivity contribution in [3.63, 3.8) is 0 Å². The highest BCUT2D eigenvalue weighted by Gasteiger charge is 2.18. The molecule has 5 heteroatoms. The average molecular weight is 387 g/mol. The normalized spacial score (nSPS) is 12.2. The van der Waals surface area contributed by atoms with Crippen LogP contribution in [-0.2, 0) is 11.3 Å². The average Bonchev–Trinajstić information content (AvgIpc) is 3.15. The molecular formula is C24H25N3O2. The first-order valence-electron chi connectivity index (χ1n) is 9.85. The van der Waals surface area contributed by atoms with Gasteiger partial charge in [0.25, 0.3) is 0 Å². The summed E-state index contributed by atoms with van der Waals surface area (Å²) in [5.74, 6) is 1.54. The van der Waals surface area contributed by atoms with E-state index in [0.29, 0.717) is 19.1 Å². The van der Waals surface area contributed by atoms with Crippen LogP contribution in [0.25, 0.3) is 22.2 Å². The fraction of sp³-hybridized carbons (Fsp3) is 0.250. The summed E-state index contributed by atoms with van der Waals surface area (Å²) in [7, 11) is 1.62. The largest absolute Gasteiger partial charge is 0.481 e. The minimum atomic E-state index is 0.140. The molecule has 29 heavy (non-hydrogen) atoms. The molecular weight excluding hydrogens is 362 g/mol. The minimum Gasteiger partial charge on any atom is -0.481 e. The first-order valence-corrected chi connectivity index (χ1v) is 9.85. The molecule has 0 fully saturated rings. The van der Waals surface area contributed by atoms with E-state index in [1.807, 2.05) is 31.3 Å². The van der Waals surface area contributed by atoms with Crippen LogP contribution in [0.2, 0.25) is 0 Å². The predicted octanol–water partition coefficient (Wildman–Crippen LogP) is 5.25. The van der Waals surface area contributed by atoms with Crippen molar-refractivity contribution >= 4 is 11.0 Å². The van der Waals surface area contributed by atoms with Gasteiger partial charge in [-0.2, -0.15) is 0 Å². The molecule has 0 saturated carbocycles. The van der Waals surface area contributed by atoms with E-state index in [9.17, 15) is 0 Å². The molecule has 148 valence electrons. The zero-order valence-corrected chi connectivity index (χ0v) is 17.0. The van der Waals surface area contributed by atoms with Crippen molar-refractivity contribution in [2.75, 3.05) is 13.7 Å². The van der Waals surface area contributed by atoms with Crippen molar-refractivity contribution in [1.29, 1.82) is 0 Å². The van der Waals surface area contributed by atoms with Crippen LogP contribution in [0.1, 0.15) is 31.3 Å². The van der Waals surface area contributed by atoms with E-state index in [-0.39, 0.29) is 6.04 Å². The maximum atomic E-state index is 5.71. The Morgan fingerprint density at radius 2 is 1.79 bits per heavy atom. The number of pyridine rings is 1. The Bertz CT molecular complexity index is 1090. The summed E-state index contributed by atoms with van der Waals surface area (Å²) in [6, 6.07) is 20.9. The Morgan fingerprint density at radius 1 is 1.00 bits per heavy atom. The van der Waals surface area contributed by atoms with Crippen molar-refractivity contribution in [3.05, 3.63) is 78.2 Å². The van der Waals surface area contributed by atoms with Gasteiger partial charge in [-0.3, -0.25) is 0 Å². The van der Waals surface area contributed by atoms with E-state index in [2.05, 4.69) is 58.9 Å². The third kappa shape index (κ3) is 3.87. The van der Waals surface area contributed by atoms with Crippen molar-refractivity contribution in [2.24, 2.45) is 0 Å². The van der Waals surface area contributed by atoms with Crippen LogP contribution in [0.4, 0.5) is 0 Å². The molecule has 2 aromatic carbocycles. The molecule has 0 radical (unpaired) electrons. The molecule has 2 heterocycles. The molecule has 5 nitrogen and oxygen atoms in total. The Hall–Kier alpha value is -3.18. The molecule has 4 aromatic rings. The van der Waals surface area contributed by atoms with Gasteiger partial charge in [-0.1, -0.05) is 36.4 Å². The molecule has 0 amide bonds. The summed E-state index contributed by atoms with van der Waals surface area (Å²) in [6.45, 7) is 5.35. The van der Waals surface area contributed by atoms with E-state index in [1.165, 1.54) is 5.56 Å². The van der Waals surface area contributed by atoms with Crippen LogP contribution in [0.3, 0.4) is 0 Å². The Morgan fingerprint density at radius 3 is 2.48 bits per heavy atom. The highest BCUT2D eigenvalue weighted by molar-refractivity contribution is 5.83. The molecule has 4 rings (SSSR count). The second kappa shape index (κ2) is 8.45. The number of hydrogen-bond donors (Lipinski definition) is 0. The summed E-state index contributed by atoms with van der Waals surface area (Å²) in [5.41, 5.74) is 5.43. The monoisotopic (exact) mass is 387 g/mol. The summed E-state index contributed by atoms with van der Waals surface area (Å²) in [6.07, 6.45) is 1.84. The third-order valence-electron chi connectivity index (χ3n) is 5.15. The zero-order chi connectivity index (χ0) is 20.2. The molecule has 0 aliphatic heterocycles. The first kappa shape index (κ1) is 19.2. The molecule has 2 aromatic heterocycles. The standard InChI is InChI=1S/C24H25N3O2/c1-4-29-16-23-26-21-12-10-19(20-11-13-24(28-3)25-15-20)14-22(21)27(23)17(2)18-8-6-5-7-9-18/h5-15,17H,4,16H2,1-3H3/t17-/m0/s1. The lowest BCUT2D eigenvalue weighted by Crippen LogP contribution is -2.12. The van der Waals surface area contributed by atoms with Gasteiger partial charge in [0.2, 0.25) is 5.88 Å². The highest BCUT2D eigenvalue weighted by atomic mass is 16.5. The maximum absolute atomic E-state index is 5.71. The van der Waals surface area contributed by atoms with Crippen LogP contribution >= 0.6 is 0 Å². The van der Waals surface area contributed by atoms with Gasteiger partial charge in [0.05, 0.1) is 24.2 Å². The predicted molar refractivity (Wildman–Crippen MR) is 115 cm³/mol. The van der Waals surface area contributed by atoms with Crippen LogP contribution < -0.4 is 4.74 Å². The van der Waals surface area contributed by atoms with Gasteiger partial charge in [0, 0.05) is 24.4 Å². The van der Waals surface area contributed by atoms with E-state index in [0.717, 1.165) is 28.0 Å². The first-order chi connectivity index (χ1) is 14.2. The SMILES string of the molecule is CCOCc1nc2ccc(-c3ccc(OC)nc3)cc2n1[C@@H](C)c1ccccc1. The minimum absolute atomic E-state index is 0.140. The lowest BCUT2D eigenvalue weighted by atomic mass is 10.1. The number of hydrogen-bond acceptors (Lipinski definition) is 4. The molecule has 1 atom stereocenters.